The first-order valence-corrected chi connectivity index (χ1v) is 9.56. The number of carbonyl (C=O) groups excluding carboxylic acids is 2. The monoisotopic (exact) mass is 396 g/mol. The molecule has 3 amide bonds. The molecule has 1 aromatic heterocycles. The number of nitrogens with zero attached hydrogens (tertiary/aromatic N) is 2. The molecular weight excluding hydrogens is 376 g/mol. The number of carbonyl (C=O) groups is 2. The van der Waals surface area contributed by atoms with Crippen molar-refractivity contribution in [2.45, 2.75) is 24.3 Å². The van der Waals surface area contributed by atoms with Crippen molar-refractivity contribution >= 4 is 34.6 Å². The Hall–Kier alpha value is -3.13. The topological polar surface area (TPSA) is 93.1 Å². The van der Waals surface area contributed by atoms with Gasteiger partial charge in [0, 0.05) is 7.05 Å². The third-order valence-electron chi connectivity index (χ3n) is 4.15. The number of nitrogens with one attached hydrogen (secondary N) is 2. The number of thioether (sulfide) groups is 1. The Morgan fingerprint density at radius 2 is 1.79 bits per heavy atom. The molecule has 8 heteroatoms. The lowest BCUT2D eigenvalue weighted by Crippen LogP contribution is -2.41. The van der Waals surface area contributed by atoms with Crippen LogP contribution in [0.2, 0.25) is 0 Å². The number of aryl methyl sites for hydroxylation is 1. The van der Waals surface area contributed by atoms with Gasteiger partial charge in [-0.25, -0.2) is 9.78 Å². The number of fused-ring (bicyclic) bond motifs is 1. The number of rotatable bonds is 4. The van der Waals surface area contributed by atoms with Gasteiger partial charge in [-0.3, -0.25) is 19.5 Å². The summed E-state index contributed by atoms with van der Waals surface area (Å²) >= 11 is 1.12. The largest absolute Gasteiger partial charge is 0.341 e. The number of hydrogen-bond donors (Lipinski definition) is 2. The highest BCUT2D eigenvalue weighted by Gasteiger charge is 2.21. The number of aromatic nitrogens is 2. The first-order chi connectivity index (χ1) is 13.4. The average molecular weight is 396 g/mol. The zero-order valence-electron chi connectivity index (χ0n) is 15.7. The molecule has 1 atom stereocenters. The Labute approximate surface area is 166 Å². The Balaban J connectivity index is 2.08. The van der Waals surface area contributed by atoms with E-state index in [1.807, 2.05) is 31.2 Å². The molecule has 0 bridgehead atoms. The lowest BCUT2D eigenvalue weighted by Gasteiger charge is -2.16. The summed E-state index contributed by atoms with van der Waals surface area (Å²) in [7, 11) is 1.43. The Morgan fingerprint density at radius 3 is 2.46 bits per heavy atom. The van der Waals surface area contributed by atoms with Crippen molar-refractivity contribution in [3.63, 3.8) is 0 Å². The first-order valence-electron chi connectivity index (χ1n) is 8.68. The Kier molecular flexibility index (Phi) is 5.79. The van der Waals surface area contributed by atoms with Crippen molar-refractivity contribution < 1.29 is 9.59 Å². The SMILES string of the molecule is CNC(=O)NC(=O)[C@@H](C)Sc1nc2ccccc2c(=O)n1-c1ccc(C)cc1. The molecule has 0 aliphatic rings. The van der Waals surface area contributed by atoms with E-state index in [9.17, 15) is 14.4 Å². The van der Waals surface area contributed by atoms with Gasteiger partial charge in [0.05, 0.1) is 21.8 Å². The number of imide groups is 1. The summed E-state index contributed by atoms with van der Waals surface area (Å²) < 4.78 is 1.50. The fourth-order valence-electron chi connectivity index (χ4n) is 2.60. The van der Waals surface area contributed by atoms with Crippen LogP contribution in [-0.2, 0) is 4.79 Å². The lowest BCUT2D eigenvalue weighted by atomic mass is 10.2. The zero-order valence-corrected chi connectivity index (χ0v) is 16.5. The maximum Gasteiger partial charge on any atom is 0.321 e. The van der Waals surface area contributed by atoms with Crippen LogP contribution in [0.4, 0.5) is 4.79 Å². The fourth-order valence-corrected chi connectivity index (χ4v) is 3.53. The fraction of sp³-hybridized carbons (Fsp3) is 0.200. The normalized spacial score (nSPS) is 11.8. The van der Waals surface area contributed by atoms with Crippen molar-refractivity contribution in [3.8, 4) is 5.69 Å². The van der Waals surface area contributed by atoms with Gasteiger partial charge in [-0.05, 0) is 38.1 Å². The number of benzene rings is 2. The minimum atomic E-state index is -0.637. The summed E-state index contributed by atoms with van der Waals surface area (Å²) in [5.41, 5.74) is 2.07. The zero-order chi connectivity index (χ0) is 20.3. The highest BCUT2D eigenvalue weighted by atomic mass is 32.2. The molecule has 28 heavy (non-hydrogen) atoms. The maximum atomic E-state index is 13.2. The van der Waals surface area contributed by atoms with Crippen LogP contribution < -0.4 is 16.2 Å². The van der Waals surface area contributed by atoms with Gasteiger partial charge >= 0.3 is 6.03 Å². The van der Waals surface area contributed by atoms with Crippen LogP contribution in [0.5, 0.6) is 0 Å². The molecule has 2 aromatic carbocycles. The van der Waals surface area contributed by atoms with Gasteiger partial charge in [-0.15, -0.1) is 0 Å². The minimum absolute atomic E-state index is 0.212. The number of urea groups is 1. The molecule has 7 nitrogen and oxygen atoms in total. The van der Waals surface area contributed by atoms with Crippen LogP contribution in [0.25, 0.3) is 16.6 Å². The number of para-hydroxylation sites is 1. The molecule has 0 aliphatic carbocycles. The van der Waals surface area contributed by atoms with E-state index in [-0.39, 0.29) is 5.56 Å². The molecule has 2 N–H and O–H groups in total. The van der Waals surface area contributed by atoms with Crippen molar-refractivity contribution in [1.29, 1.82) is 0 Å². The molecular formula is C20H20N4O3S. The second kappa shape index (κ2) is 8.26. The van der Waals surface area contributed by atoms with Crippen molar-refractivity contribution in [1.82, 2.24) is 20.2 Å². The van der Waals surface area contributed by atoms with Gasteiger partial charge < -0.3 is 5.32 Å². The van der Waals surface area contributed by atoms with E-state index in [0.717, 1.165) is 17.3 Å². The molecule has 144 valence electrons. The van der Waals surface area contributed by atoms with Gasteiger partial charge in [-0.1, -0.05) is 41.6 Å². The Morgan fingerprint density at radius 1 is 1.11 bits per heavy atom. The number of amides is 3. The summed E-state index contributed by atoms with van der Waals surface area (Å²) in [5, 5.41) is 4.82. The summed E-state index contributed by atoms with van der Waals surface area (Å²) in [4.78, 5) is 41.4. The van der Waals surface area contributed by atoms with E-state index in [1.54, 1.807) is 31.2 Å². The highest BCUT2D eigenvalue weighted by molar-refractivity contribution is 8.00. The van der Waals surface area contributed by atoms with Gasteiger partial charge in [0.1, 0.15) is 0 Å². The van der Waals surface area contributed by atoms with Crippen LogP contribution in [0.3, 0.4) is 0 Å². The van der Waals surface area contributed by atoms with Crippen LogP contribution in [0.1, 0.15) is 12.5 Å². The van der Waals surface area contributed by atoms with Crippen molar-refractivity contribution in [3.05, 3.63) is 64.4 Å². The average Bonchev–Trinajstić information content (AvgIpc) is 2.69. The van der Waals surface area contributed by atoms with E-state index in [4.69, 9.17) is 0 Å². The first kappa shape index (κ1) is 19.6. The maximum absolute atomic E-state index is 13.2. The molecule has 1 heterocycles. The predicted octanol–water partition coefficient (Wildman–Crippen LogP) is 2.63. The van der Waals surface area contributed by atoms with E-state index >= 15 is 0 Å². The summed E-state index contributed by atoms with van der Waals surface area (Å²) in [6.45, 7) is 3.62. The highest BCUT2D eigenvalue weighted by Crippen LogP contribution is 2.25. The summed E-state index contributed by atoms with van der Waals surface area (Å²) in [5.74, 6) is -0.470. The minimum Gasteiger partial charge on any atom is -0.341 e. The van der Waals surface area contributed by atoms with E-state index < -0.39 is 17.2 Å². The third-order valence-corrected chi connectivity index (χ3v) is 5.20. The van der Waals surface area contributed by atoms with E-state index in [1.165, 1.54) is 11.6 Å². The predicted molar refractivity (Wildman–Crippen MR) is 110 cm³/mol. The van der Waals surface area contributed by atoms with E-state index in [2.05, 4.69) is 15.6 Å². The molecule has 0 spiro atoms. The van der Waals surface area contributed by atoms with Crippen molar-refractivity contribution in [2.75, 3.05) is 7.05 Å². The smallest absolute Gasteiger partial charge is 0.321 e. The standard InChI is InChI=1S/C20H20N4O3S/c1-12-8-10-14(11-9-12)24-18(26)15-6-4-5-7-16(15)22-20(24)28-13(2)17(25)23-19(27)21-3/h4-11,13H,1-3H3,(H2,21,23,25,27)/t13-/m1/s1. The Bertz CT molecular complexity index is 1090. The molecule has 0 aliphatic heterocycles. The molecule has 0 radical (unpaired) electrons. The third kappa shape index (κ3) is 4.07. The molecule has 0 saturated heterocycles. The number of hydrogen-bond acceptors (Lipinski definition) is 5. The van der Waals surface area contributed by atoms with Gasteiger partial charge in [-0.2, -0.15) is 0 Å². The molecule has 0 fully saturated rings. The lowest BCUT2D eigenvalue weighted by molar-refractivity contribution is -0.119. The van der Waals surface area contributed by atoms with Crippen molar-refractivity contribution in [2.24, 2.45) is 0 Å². The van der Waals surface area contributed by atoms with Crippen LogP contribution in [-0.4, -0.2) is 33.8 Å². The molecule has 3 aromatic rings. The van der Waals surface area contributed by atoms with Gasteiger partial charge in [0.25, 0.3) is 5.56 Å². The summed E-state index contributed by atoms with van der Waals surface area (Å²) in [6.07, 6.45) is 0. The van der Waals surface area contributed by atoms with Gasteiger partial charge in [0.2, 0.25) is 5.91 Å². The second-order valence-electron chi connectivity index (χ2n) is 6.22. The quantitative estimate of drug-likeness (QED) is 0.522. The molecule has 3 rings (SSSR count). The second-order valence-corrected chi connectivity index (χ2v) is 7.52. The van der Waals surface area contributed by atoms with Crippen LogP contribution in [0, 0.1) is 6.92 Å². The molecule has 0 saturated carbocycles. The van der Waals surface area contributed by atoms with Crippen LogP contribution >= 0.6 is 11.8 Å². The van der Waals surface area contributed by atoms with E-state index in [0.29, 0.717) is 21.7 Å². The van der Waals surface area contributed by atoms with Gasteiger partial charge in [0.15, 0.2) is 5.16 Å². The summed E-state index contributed by atoms with van der Waals surface area (Å²) in [6, 6.07) is 14.0. The van der Waals surface area contributed by atoms with Crippen LogP contribution in [0.15, 0.2) is 58.5 Å². The molecule has 0 unspecified atom stereocenters.